The minimum Gasteiger partial charge on any atom is -0.428 e. The summed E-state index contributed by atoms with van der Waals surface area (Å²) in [6, 6.07) is 1.52. The van der Waals surface area contributed by atoms with Crippen molar-refractivity contribution in [1.82, 2.24) is 4.98 Å². The number of H-pyrrole nitrogens is 1. The summed E-state index contributed by atoms with van der Waals surface area (Å²) >= 11 is 7.99. The lowest BCUT2D eigenvalue weighted by molar-refractivity contribution is -0.274. The van der Waals surface area contributed by atoms with E-state index in [2.05, 4.69) is 25.7 Å². The molecule has 0 amide bonds. The first kappa shape index (κ1) is 13.4. The minimum absolute atomic E-state index is 0.00835. The maximum atomic E-state index is 12.4. The van der Waals surface area contributed by atoms with Gasteiger partial charge in [0, 0.05) is 0 Å². The Kier molecular flexibility index (Phi) is 3.41. The Morgan fingerprint density at radius 3 is 2.72 bits per heavy atom. The third-order valence-corrected chi connectivity index (χ3v) is 3.06. The van der Waals surface area contributed by atoms with E-state index in [0.29, 0.717) is 16.5 Å². The largest absolute Gasteiger partial charge is 0.573 e. The van der Waals surface area contributed by atoms with Crippen molar-refractivity contribution in [2.45, 2.75) is 19.7 Å². The number of hydrogen-bond donors (Lipinski definition) is 1. The van der Waals surface area contributed by atoms with E-state index in [9.17, 15) is 13.2 Å². The molecule has 8 heteroatoms. The van der Waals surface area contributed by atoms with Gasteiger partial charge >= 0.3 is 6.36 Å². The minimum atomic E-state index is -4.77. The molecule has 0 unspecified atom stereocenters. The molecule has 98 valence electrons. The van der Waals surface area contributed by atoms with E-state index in [1.165, 1.54) is 6.07 Å². The average Bonchev–Trinajstić information content (AvgIpc) is 2.63. The van der Waals surface area contributed by atoms with Crippen LogP contribution in [0, 0.1) is 4.84 Å². The van der Waals surface area contributed by atoms with E-state index in [4.69, 9.17) is 16.6 Å². The third kappa shape index (κ3) is 2.54. The molecule has 2 rings (SSSR count). The summed E-state index contributed by atoms with van der Waals surface area (Å²) in [5.41, 5.74) is 0.707. The highest BCUT2D eigenvalue weighted by Crippen LogP contribution is 2.37. The van der Waals surface area contributed by atoms with Crippen molar-refractivity contribution in [3.05, 3.63) is 20.9 Å². The van der Waals surface area contributed by atoms with Gasteiger partial charge in [-0.1, -0.05) is 6.92 Å². The molecular formula is C10H7BrF3NO2S. The fourth-order valence-corrected chi connectivity index (χ4v) is 2.34. The molecule has 0 radical (unpaired) electrons. The molecule has 1 aromatic heterocycles. The highest BCUT2D eigenvalue weighted by atomic mass is 79.9. The van der Waals surface area contributed by atoms with E-state index >= 15 is 0 Å². The third-order valence-electron chi connectivity index (χ3n) is 2.28. The first-order valence-corrected chi connectivity index (χ1v) is 6.12. The quantitative estimate of drug-likeness (QED) is 0.803. The molecule has 0 aliphatic heterocycles. The molecule has 0 atom stereocenters. The molecule has 1 heterocycles. The number of ether oxygens (including phenoxy) is 1. The maximum absolute atomic E-state index is 12.4. The number of rotatable bonds is 2. The number of aromatic amines is 1. The van der Waals surface area contributed by atoms with Crippen molar-refractivity contribution in [1.29, 1.82) is 0 Å². The van der Waals surface area contributed by atoms with Gasteiger partial charge in [-0.3, -0.25) is 0 Å². The molecule has 1 aromatic carbocycles. The van der Waals surface area contributed by atoms with Crippen LogP contribution in [-0.2, 0) is 6.42 Å². The summed E-state index contributed by atoms with van der Waals surface area (Å²) in [6.07, 6.45) is -4.39. The van der Waals surface area contributed by atoms with Crippen LogP contribution in [-0.4, -0.2) is 11.3 Å². The maximum Gasteiger partial charge on any atom is 0.573 e. The van der Waals surface area contributed by atoms with Gasteiger partial charge < -0.3 is 14.1 Å². The SMILES string of the molecule is CCc1cc(Br)c2oc(=S)[nH]c2c1OC(F)(F)F. The zero-order valence-corrected chi connectivity index (χ0v) is 11.4. The van der Waals surface area contributed by atoms with Crippen LogP contribution in [0.2, 0.25) is 0 Å². The van der Waals surface area contributed by atoms with Crippen LogP contribution >= 0.6 is 28.1 Å². The standard InChI is InChI=1S/C10H7BrF3NO2S/c1-2-4-3-5(11)8-6(15-9(18)16-8)7(4)17-10(12,13)14/h3H,2H2,1H3,(H,15,18). The predicted molar refractivity (Wildman–Crippen MR) is 65.2 cm³/mol. The molecule has 3 nitrogen and oxygen atoms in total. The summed E-state index contributed by atoms with van der Waals surface area (Å²) < 4.78 is 46.9. The first-order valence-electron chi connectivity index (χ1n) is 4.91. The fourth-order valence-electron chi connectivity index (χ4n) is 1.60. The van der Waals surface area contributed by atoms with E-state index < -0.39 is 6.36 Å². The predicted octanol–water partition coefficient (Wildman–Crippen LogP) is 4.71. The van der Waals surface area contributed by atoms with Gasteiger partial charge in [0.05, 0.1) is 4.47 Å². The molecule has 18 heavy (non-hydrogen) atoms. The second-order valence-corrected chi connectivity index (χ2v) is 4.69. The Balaban J connectivity index is 2.75. The van der Waals surface area contributed by atoms with Crippen LogP contribution < -0.4 is 4.74 Å². The molecule has 1 N–H and O–H groups in total. The molecule has 0 spiro atoms. The van der Waals surface area contributed by atoms with Crippen LogP contribution in [0.25, 0.3) is 11.1 Å². The molecule has 2 aromatic rings. The first-order chi connectivity index (χ1) is 8.31. The Hall–Kier alpha value is -1.02. The van der Waals surface area contributed by atoms with E-state index in [1.54, 1.807) is 6.92 Å². The lowest BCUT2D eigenvalue weighted by Gasteiger charge is -2.13. The summed E-state index contributed by atoms with van der Waals surface area (Å²) in [4.78, 5) is 2.55. The van der Waals surface area contributed by atoms with Crippen LogP contribution in [0.1, 0.15) is 12.5 Å². The molecule has 0 aliphatic rings. The second kappa shape index (κ2) is 4.58. The van der Waals surface area contributed by atoms with Crippen LogP contribution in [0.5, 0.6) is 5.75 Å². The normalized spacial score (nSPS) is 12.1. The number of benzene rings is 1. The number of oxazole rings is 1. The van der Waals surface area contributed by atoms with Gasteiger partial charge in [0.1, 0.15) is 5.52 Å². The average molecular weight is 342 g/mol. The van der Waals surface area contributed by atoms with Gasteiger partial charge in [0.25, 0.3) is 4.84 Å². The topological polar surface area (TPSA) is 38.2 Å². The number of aromatic nitrogens is 1. The highest BCUT2D eigenvalue weighted by Gasteiger charge is 2.33. The Labute approximate surface area is 113 Å². The van der Waals surface area contributed by atoms with Crippen LogP contribution in [0.3, 0.4) is 0 Å². The van der Waals surface area contributed by atoms with Crippen molar-refractivity contribution in [3.63, 3.8) is 0 Å². The highest BCUT2D eigenvalue weighted by molar-refractivity contribution is 9.10. The van der Waals surface area contributed by atoms with Crippen molar-refractivity contribution in [3.8, 4) is 5.75 Å². The van der Waals surface area contributed by atoms with Gasteiger partial charge in [-0.05, 0) is 46.2 Å². The van der Waals surface area contributed by atoms with Gasteiger partial charge in [0.15, 0.2) is 11.3 Å². The molecule has 0 saturated heterocycles. The Morgan fingerprint density at radius 2 is 2.17 bits per heavy atom. The van der Waals surface area contributed by atoms with Crippen LogP contribution in [0.15, 0.2) is 15.0 Å². The van der Waals surface area contributed by atoms with Crippen molar-refractivity contribution in [2.24, 2.45) is 0 Å². The molecule has 0 bridgehead atoms. The summed E-state index contributed by atoms with van der Waals surface area (Å²) in [6.45, 7) is 1.73. The fraction of sp³-hybridized carbons (Fsp3) is 0.300. The van der Waals surface area contributed by atoms with Crippen LogP contribution in [0.4, 0.5) is 13.2 Å². The number of halogens is 4. The molecule has 0 saturated carbocycles. The Morgan fingerprint density at radius 1 is 1.50 bits per heavy atom. The number of alkyl halides is 3. The smallest absolute Gasteiger partial charge is 0.428 e. The molecule has 0 fully saturated rings. The zero-order valence-electron chi connectivity index (χ0n) is 9.02. The zero-order chi connectivity index (χ0) is 13.5. The lowest BCUT2D eigenvalue weighted by Crippen LogP contribution is -2.18. The van der Waals surface area contributed by atoms with E-state index in [0.717, 1.165) is 0 Å². The molecule has 0 aliphatic carbocycles. The van der Waals surface area contributed by atoms with Gasteiger partial charge in [-0.2, -0.15) is 0 Å². The Bertz CT molecular complexity index is 647. The second-order valence-electron chi connectivity index (χ2n) is 3.47. The number of nitrogens with one attached hydrogen (secondary N) is 1. The van der Waals surface area contributed by atoms with Crippen molar-refractivity contribution in [2.75, 3.05) is 0 Å². The van der Waals surface area contributed by atoms with Crippen molar-refractivity contribution >= 4 is 39.2 Å². The van der Waals surface area contributed by atoms with E-state index in [1.807, 2.05) is 0 Å². The summed E-state index contributed by atoms with van der Waals surface area (Å²) in [5.74, 6) is -0.303. The monoisotopic (exact) mass is 341 g/mol. The van der Waals surface area contributed by atoms with E-state index in [-0.39, 0.29) is 21.7 Å². The summed E-state index contributed by atoms with van der Waals surface area (Å²) in [5, 5.41) is 0. The number of hydrogen-bond acceptors (Lipinski definition) is 3. The molecular weight excluding hydrogens is 335 g/mol. The van der Waals surface area contributed by atoms with Gasteiger partial charge in [0.2, 0.25) is 0 Å². The van der Waals surface area contributed by atoms with Crippen molar-refractivity contribution < 1.29 is 22.3 Å². The van der Waals surface area contributed by atoms with Gasteiger partial charge in [-0.25, -0.2) is 0 Å². The number of aryl methyl sites for hydroxylation is 1. The summed E-state index contributed by atoms with van der Waals surface area (Å²) in [7, 11) is 0. The lowest BCUT2D eigenvalue weighted by atomic mass is 10.1. The number of fused-ring (bicyclic) bond motifs is 1. The van der Waals surface area contributed by atoms with Gasteiger partial charge in [-0.15, -0.1) is 13.2 Å².